The van der Waals surface area contributed by atoms with Gasteiger partial charge in [0, 0.05) is 5.54 Å². The van der Waals surface area contributed by atoms with Crippen LogP contribution in [-0.4, -0.2) is 30.5 Å². The molecule has 5 heteroatoms. The minimum absolute atomic E-state index is 0.0467. The third-order valence-corrected chi connectivity index (χ3v) is 2.67. The quantitative estimate of drug-likeness (QED) is 0.838. The van der Waals surface area contributed by atoms with Gasteiger partial charge in [0.1, 0.15) is 5.75 Å². The van der Waals surface area contributed by atoms with E-state index in [1.807, 2.05) is 52.0 Å². The maximum atomic E-state index is 11.7. The molecular formula is C16H24N2O3. The van der Waals surface area contributed by atoms with Gasteiger partial charge in [-0.2, -0.15) is 0 Å². The minimum atomic E-state index is -0.315. The van der Waals surface area contributed by atoms with E-state index in [1.54, 1.807) is 0 Å². The summed E-state index contributed by atoms with van der Waals surface area (Å²) in [4.78, 5) is 23.2. The first kappa shape index (κ1) is 17.0. The lowest BCUT2D eigenvalue weighted by atomic mass is 10.1. The Kier molecular flexibility index (Phi) is 6.21. The van der Waals surface area contributed by atoms with Crippen LogP contribution in [0.25, 0.3) is 0 Å². The van der Waals surface area contributed by atoms with Crippen LogP contribution in [0.5, 0.6) is 5.75 Å². The molecule has 1 aromatic carbocycles. The van der Waals surface area contributed by atoms with Crippen molar-refractivity contribution in [2.45, 2.75) is 39.7 Å². The lowest BCUT2D eigenvalue weighted by Gasteiger charge is -2.20. The number of nitrogens with one attached hydrogen (secondary N) is 2. The molecule has 2 N–H and O–H groups in total. The normalized spacial score (nSPS) is 10.9. The highest BCUT2D eigenvalue weighted by Crippen LogP contribution is 2.17. The van der Waals surface area contributed by atoms with Gasteiger partial charge in [-0.05, 0) is 38.8 Å². The number of carbonyl (C=O) groups is 2. The zero-order chi connectivity index (χ0) is 15.9. The molecule has 0 aliphatic rings. The molecule has 1 rings (SSSR count). The van der Waals surface area contributed by atoms with Crippen LogP contribution in [0.1, 0.15) is 33.3 Å². The molecule has 0 fully saturated rings. The van der Waals surface area contributed by atoms with Gasteiger partial charge < -0.3 is 15.4 Å². The Balaban J connectivity index is 2.36. The number of para-hydroxylation sites is 1. The lowest BCUT2D eigenvalue weighted by Crippen LogP contribution is -2.46. The van der Waals surface area contributed by atoms with Crippen molar-refractivity contribution in [3.05, 3.63) is 29.8 Å². The summed E-state index contributed by atoms with van der Waals surface area (Å²) in [5.41, 5.74) is 0.744. The Morgan fingerprint density at radius 3 is 2.43 bits per heavy atom. The molecule has 116 valence electrons. The Labute approximate surface area is 126 Å². The molecule has 2 amide bonds. The molecule has 0 bridgehead atoms. The topological polar surface area (TPSA) is 67.4 Å². The number of benzene rings is 1. The van der Waals surface area contributed by atoms with Crippen LogP contribution in [0.2, 0.25) is 0 Å². The Morgan fingerprint density at radius 1 is 1.14 bits per heavy atom. The Morgan fingerprint density at radius 2 is 1.81 bits per heavy atom. The van der Waals surface area contributed by atoms with Crippen LogP contribution in [0.3, 0.4) is 0 Å². The monoisotopic (exact) mass is 292 g/mol. The van der Waals surface area contributed by atoms with Gasteiger partial charge in [-0.3, -0.25) is 9.59 Å². The number of rotatable bonds is 6. The third-order valence-electron chi connectivity index (χ3n) is 2.67. The predicted molar refractivity (Wildman–Crippen MR) is 82.2 cm³/mol. The van der Waals surface area contributed by atoms with Gasteiger partial charge in [0.25, 0.3) is 5.91 Å². The van der Waals surface area contributed by atoms with E-state index < -0.39 is 0 Å². The average Bonchev–Trinajstić information content (AvgIpc) is 2.41. The summed E-state index contributed by atoms with van der Waals surface area (Å²) in [6.45, 7) is 7.54. The molecule has 0 radical (unpaired) electrons. The second-order valence-electron chi connectivity index (χ2n) is 5.82. The van der Waals surface area contributed by atoms with Crippen LogP contribution < -0.4 is 15.4 Å². The van der Waals surface area contributed by atoms with Crippen LogP contribution in [0.15, 0.2) is 24.3 Å². The number of hydrogen-bond acceptors (Lipinski definition) is 3. The summed E-state index contributed by atoms with van der Waals surface area (Å²) in [6, 6.07) is 7.59. The van der Waals surface area contributed by atoms with Gasteiger partial charge in [0.15, 0.2) is 6.61 Å². The largest absolute Gasteiger partial charge is 0.483 e. The van der Waals surface area contributed by atoms with Crippen LogP contribution >= 0.6 is 0 Å². The summed E-state index contributed by atoms with van der Waals surface area (Å²) >= 11 is 0. The van der Waals surface area contributed by atoms with Gasteiger partial charge in [-0.25, -0.2) is 0 Å². The van der Waals surface area contributed by atoms with Crippen molar-refractivity contribution < 1.29 is 14.3 Å². The summed E-state index contributed by atoms with van der Waals surface area (Å²) in [5, 5.41) is 5.31. The molecule has 0 spiro atoms. The van der Waals surface area contributed by atoms with Crippen molar-refractivity contribution in [1.29, 1.82) is 0 Å². The fraction of sp³-hybridized carbons (Fsp3) is 0.500. The fourth-order valence-corrected chi connectivity index (χ4v) is 1.77. The Hall–Kier alpha value is -2.04. The van der Waals surface area contributed by atoms with Crippen molar-refractivity contribution in [3.8, 4) is 5.75 Å². The first-order valence-electron chi connectivity index (χ1n) is 7.10. The molecule has 0 aromatic heterocycles. The third kappa shape index (κ3) is 6.79. The predicted octanol–water partition coefficient (Wildman–Crippen LogP) is 1.66. The molecule has 5 nitrogen and oxygen atoms in total. The number of hydrogen-bond donors (Lipinski definition) is 2. The van der Waals surface area contributed by atoms with Crippen molar-refractivity contribution in [2.24, 2.45) is 0 Å². The van der Waals surface area contributed by atoms with Crippen molar-refractivity contribution >= 4 is 11.8 Å². The van der Waals surface area contributed by atoms with E-state index in [0.717, 1.165) is 12.0 Å². The molecule has 0 saturated heterocycles. The van der Waals surface area contributed by atoms with Gasteiger partial charge >= 0.3 is 0 Å². The van der Waals surface area contributed by atoms with E-state index in [0.29, 0.717) is 5.75 Å². The molecular weight excluding hydrogens is 268 g/mol. The van der Waals surface area contributed by atoms with Crippen molar-refractivity contribution in [2.75, 3.05) is 13.2 Å². The first-order chi connectivity index (χ1) is 9.81. The smallest absolute Gasteiger partial charge is 0.258 e. The van der Waals surface area contributed by atoms with Gasteiger partial charge in [-0.15, -0.1) is 0 Å². The molecule has 0 heterocycles. The van der Waals surface area contributed by atoms with E-state index in [-0.39, 0.29) is 30.5 Å². The Bertz CT molecular complexity index is 493. The lowest BCUT2D eigenvalue weighted by molar-refractivity contribution is -0.127. The maximum Gasteiger partial charge on any atom is 0.258 e. The van der Waals surface area contributed by atoms with Gasteiger partial charge in [0.05, 0.1) is 6.54 Å². The van der Waals surface area contributed by atoms with Gasteiger partial charge in [0.2, 0.25) is 5.91 Å². The van der Waals surface area contributed by atoms with Crippen LogP contribution in [0, 0.1) is 0 Å². The zero-order valence-corrected chi connectivity index (χ0v) is 13.2. The number of carbonyl (C=O) groups excluding carboxylic acids is 2. The molecule has 21 heavy (non-hydrogen) atoms. The summed E-state index contributed by atoms with van der Waals surface area (Å²) < 4.78 is 5.48. The first-order valence-corrected chi connectivity index (χ1v) is 7.10. The number of ether oxygens (including phenoxy) is 1. The molecule has 0 aliphatic heterocycles. The summed E-state index contributed by atoms with van der Waals surface area (Å²) in [6.07, 6.45) is 0.839. The van der Waals surface area contributed by atoms with Crippen LogP contribution in [0.4, 0.5) is 0 Å². The second-order valence-corrected chi connectivity index (χ2v) is 5.82. The fourth-order valence-electron chi connectivity index (χ4n) is 1.77. The van der Waals surface area contributed by atoms with Crippen LogP contribution in [-0.2, 0) is 16.0 Å². The van der Waals surface area contributed by atoms with Crippen molar-refractivity contribution in [1.82, 2.24) is 10.6 Å². The SMILES string of the molecule is CCc1ccccc1OCC(=O)NCC(=O)NC(C)(C)C. The number of amides is 2. The standard InChI is InChI=1S/C16H24N2O3/c1-5-12-8-6-7-9-13(12)21-11-15(20)17-10-14(19)18-16(2,3)4/h6-9H,5,10-11H2,1-4H3,(H,17,20)(H,18,19). The highest BCUT2D eigenvalue weighted by molar-refractivity contribution is 5.85. The summed E-state index contributed by atoms with van der Waals surface area (Å²) in [5.74, 6) is 0.170. The van der Waals surface area contributed by atoms with E-state index in [1.165, 1.54) is 0 Å². The zero-order valence-electron chi connectivity index (χ0n) is 13.2. The van der Waals surface area contributed by atoms with Crippen molar-refractivity contribution in [3.63, 3.8) is 0 Å². The minimum Gasteiger partial charge on any atom is -0.483 e. The molecule has 1 aromatic rings. The van der Waals surface area contributed by atoms with E-state index in [4.69, 9.17) is 4.74 Å². The average molecular weight is 292 g/mol. The van der Waals surface area contributed by atoms with E-state index in [9.17, 15) is 9.59 Å². The maximum absolute atomic E-state index is 11.7. The molecule has 0 atom stereocenters. The highest BCUT2D eigenvalue weighted by Gasteiger charge is 2.14. The summed E-state index contributed by atoms with van der Waals surface area (Å²) in [7, 11) is 0. The van der Waals surface area contributed by atoms with E-state index >= 15 is 0 Å². The molecule has 0 aliphatic carbocycles. The van der Waals surface area contributed by atoms with Gasteiger partial charge in [-0.1, -0.05) is 25.1 Å². The second kappa shape index (κ2) is 7.67. The molecule has 0 saturated carbocycles. The number of aryl methyl sites for hydroxylation is 1. The van der Waals surface area contributed by atoms with E-state index in [2.05, 4.69) is 10.6 Å². The molecule has 0 unspecified atom stereocenters. The highest BCUT2D eigenvalue weighted by atomic mass is 16.5.